The van der Waals surface area contributed by atoms with E-state index in [0.717, 1.165) is 5.56 Å². The van der Waals surface area contributed by atoms with Crippen LogP contribution in [0.25, 0.3) is 10.9 Å². The van der Waals surface area contributed by atoms with E-state index in [1.165, 1.54) is 18.3 Å². The molecular formula is C17H13FN4O3. The van der Waals surface area contributed by atoms with Gasteiger partial charge in [-0.3, -0.25) is 14.6 Å². The van der Waals surface area contributed by atoms with Gasteiger partial charge in [-0.15, -0.1) is 0 Å². The van der Waals surface area contributed by atoms with Crippen LogP contribution < -0.4 is 11.5 Å². The van der Waals surface area contributed by atoms with Gasteiger partial charge in [0.1, 0.15) is 17.0 Å². The Morgan fingerprint density at radius 1 is 1.04 bits per heavy atom. The summed E-state index contributed by atoms with van der Waals surface area (Å²) < 4.78 is 13.0. The maximum atomic E-state index is 13.0. The van der Waals surface area contributed by atoms with Crippen LogP contribution in [0.4, 0.5) is 4.39 Å². The molecule has 0 bridgehead atoms. The smallest absolute Gasteiger partial charge is 0.271 e. The van der Waals surface area contributed by atoms with E-state index in [0.29, 0.717) is 12.0 Å². The Morgan fingerprint density at radius 2 is 1.68 bits per heavy atom. The van der Waals surface area contributed by atoms with Gasteiger partial charge in [-0.2, -0.15) is 0 Å². The molecule has 2 aromatic heterocycles. The number of primary amides is 2. The Bertz CT molecular complexity index is 1000. The second kappa shape index (κ2) is 6.16. The quantitative estimate of drug-likeness (QED) is 0.658. The molecule has 3 aromatic rings. The zero-order valence-corrected chi connectivity index (χ0v) is 12.9. The number of carbonyl (C=O) groups is 2. The van der Waals surface area contributed by atoms with Crippen LogP contribution >= 0.6 is 0 Å². The van der Waals surface area contributed by atoms with Gasteiger partial charge in [0.2, 0.25) is 0 Å². The number of carbonyl (C=O) groups excluding carboxylic acids is 2. The monoisotopic (exact) mass is 340 g/mol. The van der Waals surface area contributed by atoms with E-state index < -0.39 is 23.3 Å². The van der Waals surface area contributed by atoms with Crippen molar-refractivity contribution in [3.05, 3.63) is 64.9 Å². The summed E-state index contributed by atoms with van der Waals surface area (Å²) >= 11 is 0. The predicted octanol–water partition coefficient (Wildman–Crippen LogP) is 1.26. The molecular weight excluding hydrogens is 327 g/mol. The lowest BCUT2D eigenvalue weighted by Crippen LogP contribution is -2.20. The molecule has 2 heterocycles. The van der Waals surface area contributed by atoms with Crippen LogP contribution in [-0.4, -0.2) is 26.9 Å². The second-order valence-corrected chi connectivity index (χ2v) is 5.43. The van der Waals surface area contributed by atoms with E-state index in [1.54, 1.807) is 18.2 Å². The van der Waals surface area contributed by atoms with Gasteiger partial charge < -0.3 is 16.6 Å². The highest BCUT2D eigenvalue weighted by Gasteiger charge is 2.21. The highest BCUT2D eigenvalue weighted by Crippen LogP contribution is 2.28. The number of pyridine rings is 2. The Morgan fingerprint density at radius 3 is 2.28 bits per heavy atom. The maximum Gasteiger partial charge on any atom is 0.271 e. The zero-order valence-electron chi connectivity index (χ0n) is 12.9. The van der Waals surface area contributed by atoms with Gasteiger partial charge in [0.25, 0.3) is 11.8 Å². The molecule has 5 N–H and O–H groups in total. The highest BCUT2D eigenvalue weighted by atomic mass is 19.1. The van der Waals surface area contributed by atoms with E-state index in [4.69, 9.17) is 11.5 Å². The van der Waals surface area contributed by atoms with Crippen molar-refractivity contribution in [2.45, 2.75) is 6.42 Å². The summed E-state index contributed by atoms with van der Waals surface area (Å²) in [6, 6.07) is 7.51. The molecule has 8 heteroatoms. The van der Waals surface area contributed by atoms with Gasteiger partial charge in [0.05, 0.1) is 0 Å². The fourth-order valence-corrected chi connectivity index (χ4v) is 2.51. The average Bonchev–Trinajstić information content (AvgIpc) is 2.56. The van der Waals surface area contributed by atoms with Crippen molar-refractivity contribution in [1.29, 1.82) is 0 Å². The maximum absolute atomic E-state index is 13.0. The van der Waals surface area contributed by atoms with Crippen LogP contribution in [0.2, 0.25) is 0 Å². The zero-order chi connectivity index (χ0) is 18.1. The van der Waals surface area contributed by atoms with Crippen LogP contribution in [-0.2, 0) is 6.42 Å². The summed E-state index contributed by atoms with van der Waals surface area (Å²) in [6.45, 7) is 0. The van der Waals surface area contributed by atoms with Crippen LogP contribution in [0.3, 0.4) is 0 Å². The third-order valence-electron chi connectivity index (χ3n) is 3.66. The molecule has 0 atom stereocenters. The molecule has 25 heavy (non-hydrogen) atoms. The molecule has 2 amide bonds. The first kappa shape index (κ1) is 16.3. The van der Waals surface area contributed by atoms with Crippen LogP contribution in [0.5, 0.6) is 5.75 Å². The van der Waals surface area contributed by atoms with E-state index in [9.17, 15) is 19.1 Å². The molecule has 0 aliphatic heterocycles. The first-order valence-corrected chi connectivity index (χ1v) is 7.22. The van der Waals surface area contributed by atoms with Gasteiger partial charge in [-0.05, 0) is 35.7 Å². The van der Waals surface area contributed by atoms with Gasteiger partial charge in [-0.1, -0.05) is 12.1 Å². The molecule has 0 aliphatic rings. The minimum absolute atomic E-state index is 0.000422. The highest BCUT2D eigenvalue weighted by molar-refractivity contribution is 6.08. The van der Waals surface area contributed by atoms with Gasteiger partial charge in [-0.25, -0.2) is 9.37 Å². The van der Waals surface area contributed by atoms with Crippen molar-refractivity contribution < 1.29 is 19.1 Å². The third kappa shape index (κ3) is 3.09. The van der Waals surface area contributed by atoms with Crippen molar-refractivity contribution in [3.8, 4) is 5.75 Å². The SMILES string of the molecule is NC(=O)c1nc(C(N)=O)c2cc(Cc3ccc(F)cc3)cnc2c1O. The summed E-state index contributed by atoms with van der Waals surface area (Å²) in [7, 11) is 0. The number of rotatable bonds is 4. The summed E-state index contributed by atoms with van der Waals surface area (Å²) in [4.78, 5) is 30.9. The fourth-order valence-electron chi connectivity index (χ4n) is 2.51. The number of aromatic nitrogens is 2. The van der Waals surface area contributed by atoms with Crippen molar-refractivity contribution >= 4 is 22.7 Å². The third-order valence-corrected chi connectivity index (χ3v) is 3.66. The first-order valence-electron chi connectivity index (χ1n) is 7.22. The predicted molar refractivity (Wildman–Crippen MR) is 87.4 cm³/mol. The summed E-state index contributed by atoms with van der Waals surface area (Å²) in [6.07, 6.45) is 1.89. The molecule has 7 nitrogen and oxygen atoms in total. The molecule has 0 unspecified atom stereocenters. The van der Waals surface area contributed by atoms with E-state index in [-0.39, 0.29) is 22.4 Å². The van der Waals surface area contributed by atoms with Gasteiger partial charge in [0, 0.05) is 11.6 Å². The Balaban J connectivity index is 2.14. The van der Waals surface area contributed by atoms with Gasteiger partial charge >= 0.3 is 0 Å². The Hall–Kier alpha value is -3.55. The molecule has 0 saturated carbocycles. The Labute approximate surface area is 141 Å². The molecule has 0 spiro atoms. The van der Waals surface area contributed by atoms with Crippen molar-refractivity contribution in [2.75, 3.05) is 0 Å². The van der Waals surface area contributed by atoms with E-state index in [1.807, 2.05) is 0 Å². The fraction of sp³-hybridized carbons (Fsp3) is 0.0588. The molecule has 126 valence electrons. The summed E-state index contributed by atoms with van der Waals surface area (Å²) in [5, 5.41) is 10.3. The second-order valence-electron chi connectivity index (χ2n) is 5.43. The normalized spacial score (nSPS) is 10.8. The molecule has 3 rings (SSSR count). The molecule has 0 radical (unpaired) electrons. The summed E-state index contributed by atoms with van der Waals surface area (Å²) in [5.41, 5.74) is 11.3. The standard InChI is InChI=1S/C17H13FN4O3/c18-10-3-1-8(2-4-10)5-9-6-11-12(21-7-9)15(23)14(17(20)25)22-13(11)16(19)24/h1-4,6-7,23H,5H2,(H2,19,24)(H2,20,25). The number of hydrogen-bond donors (Lipinski definition) is 3. The van der Waals surface area contributed by atoms with E-state index >= 15 is 0 Å². The first-order chi connectivity index (χ1) is 11.9. The van der Waals surface area contributed by atoms with Crippen molar-refractivity contribution in [2.24, 2.45) is 11.5 Å². The van der Waals surface area contributed by atoms with Crippen LogP contribution in [0.1, 0.15) is 32.1 Å². The lowest BCUT2D eigenvalue weighted by molar-refractivity contribution is 0.0991. The molecule has 1 aromatic carbocycles. The molecule has 0 saturated heterocycles. The number of nitrogens with two attached hydrogens (primary N) is 2. The largest absolute Gasteiger partial charge is 0.504 e. The van der Waals surface area contributed by atoms with Crippen molar-refractivity contribution in [3.63, 3.8) is 0 Å². The number of aromatic hydroxyl groups is 1. The molecule has 0 aliphatic carbocycles. The minimum atomic E-state index is -1.00. The topological polar surface area (TPSA) is 132 Å². The Kier molecular flexibility index (Phi) is 4.02. The summed E-state index contributed by atoms with van der Waals surface area (Å²) in [5.74, 6) is -2.74. The lowest BCUT2D eigenvalue weighted by atomic mass is 10.0. The van der Waals surface area contributed by atoms with Crippen molar-refractivity contribution in [1.82, 2.24) is 9.97 Å². The average molecular weight is 340 g/mol. The lowest BCUT2D eigenvalue weighted by Gasteiger charge is -2.09. The minimum Gasteiger partial charge on any atom is -0.504 e. The van der Waals surface area contributed by atoms with E-state index in [2.05, 4.69) is 9.97 Å². The van der Waals surface area contributed by atoms with Crippen LogP contribution in [0.15, 0.2) is 36.5 Å². The number of nitrogens with zero attached hydrogens (tertiary/aromatic N) is 2. The molecule has 0 fully saturated rings. The number of hydrogen-bond acceptors (Lipinski definition) is 5. The van der Waals surface area contributed by atoms with Crippen LogP contribution in [0, 0.1) is 5.82 Å². The number of fused-ring (bicyclic) bond motifs is 1. The number of amides is 2. The number of halogens is 1. The van der Waals surface area contributed by atoms with Gasteiger partial charge in [0.15, 0.2) is 11.4 Å². The number of benzene rings is 1.